The highest BCUT2D eigenvalue weighted by molar-refractivity contribution is 5.69. The fourth-order valence-corrected chi connectivity index (χ4v) is 2.76. The number of carboxylic acids is 1. The van der Waals surface area contributed by atoms with Crippen molar-refractivity contribution in [2.45, 2.75) is 44.7 Å². The van der Waals surface area contributed by atoms with Gasteiger partial charge in [0.05, 0.1) is 6.54 Å². The second-order valence-corrected chi connectivity index (χ2v) is 4.84. The molecule has 0 radical (unpaired) electrons. The topological polar surface area (TPSA) is 43.8 Å². The van der Waals surface area contributed by atoms with Crippen molar-refractivity contribution in [2.24, 2.45) is 0 Å². The SMILES string of the molecule is CCN(CC(=O)O)[C@@H]1CCCC[C@H]1N(C)C. The zero-order valence-corrected chi connectivity index (χ0v) is 10.6. The highest BCUT2D eigenvalue weighted by Crippen LogP contribution is 2.25. The van der Waals surface area contributed by atoms with Crippen molar-refractivity contribution in [1.82, 2.24) is 9.80 Å². The van der Waals surface area contributed by atoms with Crippen molar-refractivity contribution >= 4 is 5.97 Å². The monoisotopic (exact) mass is 228 g/mol. The van der Waals surface area contributed by atoms with Gasteiger partial charge in [-0.3, -0.25) is 9.69 Å². The Bertz CT molecular complexity index is 231. The Labute approximate surface area is 98.2 Å². The van der Waals surface area contributed by atoms with Crippen LogP contribution in [0.25, 0.3) is 0 Å². The molecule has 0 aromatic rings. The van der Waals surface area contributed by atoms with Gasteiger partial charge >= 0.3 is 5.97 Å². The Morgan fingerprint density at radius 2 is 1.81 bits per heavy atom. The molecular formula is C12H24N2O2. The van der Waals surface area contributed by atoms with E-state index in [-0.39, 0.29) is 6.54 Å². The minimum absolute atomic E-state index is 0.172. The van der Waals surface area contributed by atoms with Gasteiger partial charge in [-0.1, -0.05) is 19.8 Å². The lowest BCUT2D eigenvalue weighted by molar-refractivity contribution is -0.139. The predicted octanol–water partition coefficient (Wildman–Crippen LogP) is 1.27. The van der Waals surface area contributed by atoms with Crippen LogP contribution in [0, 0.1) is 0 Å². The molecule has 0 aromatic carbocycles. The summed E-state index contributed by atoms with van der Waals surface area (Å²) >= 11 is 0. The van der Waals surface area contributed by atoms with Gasteiger partial charge in [0, 0.05) is 12.1 Å². The number of likely N-dealkylation sites (N-methyl/N-ethyl adjacent to an activating group) is 2. The number of carbonyl (C=O) groups is 1. The summed E-state index contributed by atoms with van der Waals surface area (Å²) in [5.74, 6) is -0.718. The van der Waals surface area contributed by atoms with Crippen LogP contribution in [0.1, 0.15) is 32.6 Å². The Kier molecular flexibility index (Phi) is 5.22. The third kappa shape index (κ3) is 3.46. The number of rotatable bonds is 5. The van der Waals surface area contributed by atoms with E-state index in [0.29, 0.717) is 12.1 Å². The average molecular weight is 228 g/mol. The fourth-order valence-electron chi connectivity index (χ4n) is 2.76. The molecule has 4 nitrogen and oxygen atoms in total. The summed E-state index contributed by atoms with van der Waals surface area (Å²) in [6.07, 6.45) is 4.81. The van der Waals surface area contributed by atoms with E-state index >= 15 is 0 Å². The van der Waals surface area contributed by atoms with Crippen molar-refractivity contribution in [1.29, 1.82) is 0 Å². The summed E-state index contributed by atoms with van der Waals surface area (Å²) in [6.45, 7) is 3.04. The molecule has 0 saturated heterocycles. The molecule has 0 aliphatic heterocycles. The van der Waals surface area contributed by atoms with E-state index in [1.807, 2.05) is 6.92 Å². The van der Waals surface area contributed by atoms with Gasteiger partial charge < -0.3 is 10.0 Å². The first kappa shape index (κ1) is 13.5. The third-order valence-corrected chi connectivity index (χ3v) is 3.57. The highest BCUT2D eigenvalue weighted by Gasteiger charge is 2.31. The van der Waals surface area contributed by atoms with E-state index in [4.69, 9.17) is 5.11 Å². The maximum absolute atomic E-state index is 10.8. The number of hydrogen-bond donors (Lipinski definition) is 1. The summed E-state index contributed by atoms with van der Waals surface area (Å²) in [5, 5.41) is 8.92. The van der Waals surface area contributed by atoms with Gasteiger partial charge in [0.2, 0.25) is 0 Å². The molecule has 1 rings (SSSR count). The molecule has 0 bridgehead atoms. The van der Waals surface area contributed by atoms with Crippen LogP contribution in [0.3, 0.4) is 0 Å². The van der Waals surface area contributed by atoms with Gasteiger partial charge in [-0.2, -0.15) is 0 Å². The summed E-state index contributed by atoms with van der Waals surface area (Å²) < 4.78 is 0. The largest absolute Gasteiger partial charge is 0.480 e. The lowest BCUT2D eigenvalue weighted by atomic mass is 9.88. The molecule has 1 aliphatic carbocycles. The average Bonchev–Trinajstić information content (AvgIpc) is 2.25. The predicted molar refractivity (Wildman–Crippen MR) is 64.6 cm³/mol. The van der Waals surface area contributed by atoms with Gasteiger partial charge in [-0.15, -0.1) is 0 Å². The molecule has 4 heteroatoms. The molecule has 2 atom stereocenters. The van der Waals surface area contributed by atoms with Crippen LogP contribution < -0.4 is 0 Å². The van der Waals surface area contributed by atoms with Crippen molar-refractivity contribution in [3.63, 3.8) is 0 Å². The van der Waals surface area contributed by atoms with E-state index < -0.39 is 5.97 Å². The van der Waals surface area contributed by atoms with Crippen LogP contribution in [0.15, 0.2) is 0 Å². The Morgan fingerprint density at radius 1 is 1.25 bits per heavy atom. The lowest BCUT2D eigenvalue weighted by Crippen LogP contribution is -2.52. The smallest absolute Gasteiger partial charge is 0.317 e. The van der Waals surface area contributed by atoms with Crippen LogP contribution in [-0.4, -0.2) is 60.1 Å². The van der Waals surface area contributed by atoms with E-state index in [0.717, 1.165) is 13.0 Å². The van der Waals surface area contributed by atoms with Crippen molar-refractivity contribution in [2.75, 3.05) is 27.2 Å². The standard InChI is InChI=1S/C12H24N2O2/c1-4-14(9-12(15)16)11-8-6-5-7-10(11)13(2)3/h10-11H,4-9H2,1-3H3,(H,15,16)/t10-,11-/m1/s1. The van der Waals surface area contributed by atoms with Crippen LogP contribution in [0.5, 0.6) is 0 Å². The second-order valence-electron chi connectivity index (χ2n) is 4.84. The minimum Gasteiger partial charge on any atom is -0.480 e. The fraction of sp³-hybridized carbons (Fsp3) is 0.917. The summed E-state index contributed by atoms with van der Waals surface area (Å²) in [7, 11) is 4.19. The van der Waals surface area contributed by atoms with Gasteiger partial charge in [-0.05, 0) is 33.5 Å². The first-order valence-electron chi connectivity index (χ1n) is 6.18. The molecular weight excluding hydrogens is 204 g/mol. The minimum atomic E-state index is -0.718. The Balaban J connectivity index is 2.67. The Morgan fingerprint density at radius 3 is 2.25 bits per heavy atom. The number of aliphatic carboxylic acids is 1. The molecule has 0 heterocycles. The van der Waals surface area contributed by atoms with Crippen molar-refractivity contribution in [3.05, 3.63) is 0 Å². The normalized spacial score (nSPS) is 26.3. The van der Waals surface area contributed by atoms with E-state index in [2.05, 4.69) is 23.9 Å². The van der Waals surface area contributed by atoms with E-state index in [9.17, 15) is 4.79 Å². The molecule has 1 N–H and O–H groups in total. The number of nitrogens with zero attached hydrogens (tertiary/aromatic N) is 2. The van der Waals surface area contributed by atoms with Crippen molar-refractivity contribution in [3.8, 4) is 0 Å². The van der Waals surface area contributed by atoms with Crippen molar-refractivity contribution < 1.29 is 9.90 Å². The molecule has 0 aromatic heterocycles. The van der Waals surface area contributed by atoms with Crippen LogP contribution >= 0.6 is 0 Å². The summed E-state index contributed by atoms with van der Waals surface area (Å²) in [5.41, 5.74) is 0. The quantitative estimate of drug-likeness (QED) is 0.769. The molecule has 0 amide bonds. The first-order chi connectivity index (χ1) is 7.56. The van der Waals surface area contributed by atoms with E-state index in [1.165, 1.54) is 19.3 Å². The highest BCUT2D eigenvalue weighted by atomic mass is 16.4. The maximum Gasteiger partial charge on any atom is 0.317 e. The first-order valence-corrected chi connectivity index (χ1v) is 6.18. The zero-order valence-electron chi connectivity index (χ0n) is 10.6. The number of carboxylic acid groups (broad SMARTS) is 1. The molecule has 1 saturated carbocycles. The third-order valence-electron chi connectivity index (χ3n) is 3.57. The lowest BCUT2D eigenvalue weighted by Gasteiger charge is -2.42. The second kappa shape index (κ2) is 6.21. The molecule has 1 aliphatic rings. The number of hydrogen-bond acceptors (Lipinski definition) is 3. The molecule has 16 heavy (non-hydrogen) atoms. The van der Waals surface area contributed by atoms with Crippen LogP contribution in [0.2, 0.25) is 0 Å². The van der Waals surface area contributed by atoms with E-state index in [1.54, 1.807) is 0 Å². The molecule has 94 valence electrons. The summed E-state index contributed by atoms with van der Waals surface area (Å²) in [4.78, 5) is 15.2. The molecule has 0 unspecified atom stereocenters. The molecule has 0 spiro atoms. The molecule has 1 fully saturated rings. The van der Waals surface area contributed by atoms with Crippen LogP contribution in [0.4, 0.5) is 0 Å². The van der Waals surface area contributed by atoms with Gasteiger partial charge in [0.25, 0.3) is 0 Å². The van der Waals surface area contributed by atoms with Crippen LogP contribution in [-0.2, 0) is 4.79 Å². The van der Waals surface area contributed by atoms with Gasteiger partial charge in [-0.25, -0.2) is 0 Å². The van der Waals surface area contributed by atoms with Gasteiger partial charge in [0.15, 0.2) is 0 Å². The Hall–Kier alpha value is -0.610. The summed E-state index contributed by atoms with van der Waals surface area (Å²) in [6, 6.07) is 0.915. The van der Waals surface area contributed by atoms with Gasteiger partial charge in [0.1, 0.15) is 0 Å². The zero-order chi connectivity index (χ0) is 12.1. The maximum atomic E-state index is 10.8.